The van der Waals surface area contributed by atoms with Crippen LogP contribution in [0.15, 0.2) is 65.8 Å². The summed E-state index contributed by atoms with van der Waals surface area (Å²) < 4.78 is 1.99. The summed E-state index contributed by atoms with van der Waals surface area (Å²) in [5.74, 6) is 0.516. The molecule has 0 N–H and O–H groups in total. The number of hydrogen-bond acceptors (Lipinski definition) is 4. The first kappa shape index (κ1) is 17.2. The summed E-state index contributed by atoms with van der Waals surface area (Å²) in [4.78, 5) is 14.0. The van der Waals surface area contributed by atoms with Gasteiger partial charge in [-0.05, 0) is 17.4 Å². The van der Waals surface area contributed by atoms with Crippen LogP contribution in [0.1, 0.15) is 18.1 Å². The van der Waals surface area contributed by atoms with Crippen LogP contribution < -0.4 is 4.90 Å². The van der Waals surface area contributed by atoms with Crippen LogP contribution in [0, 0.1) is 0 Å². The molecule has 0 radical (unpaired) electrons. The van der Waals surface area contributed by atoms with Gasteiger partial charge in [-0.1, -0.05) is 72.4 Å². The van der Waals surface area contributed by atoms with Crippen LogP contribution in [-0.4, -0.2) is 26.9 Å². The molecule has 5 nitrogen and oxygen atoms in total. The molecular weight excluding hydrogens is 332 g/mol. The minimum atomic E-state index is -0.0572. The summed E-state index contributed by atoms with van der Waals surface area (Å²) in [6.45, 7) is 2.65. The molecule has 128 valence electrons. The van der Waals surface area contributed by atoms with E-state index in [1.165, 1.54) is 11.8 Å². The van der Waals surface area contributed by atoms with Crippen molar-refractivity contribution in [3.8, 4) is 0 Å². The molecule has 1 heterocycles. The van der Waals surface area contributed by atoms with Gasteiger partial charge in [-0.15, -0.1) is 10.2 Å². The van der Waals surface area contributed by atoms with E-state index in [0.29, 0.717) is 19.0 Å². The molecule has 0 bridgehead atoms. The van der Waals surface area contributed by atoms with Crippen molar-refractivity contribution in [3.63, 3.8) is 0 Å². The van der Waals surface area contributed by atoms with Crippen LogP contribution in [0.2, 0.25) is 0 Å². The van der Waals surface area contributed by atoms with E-state index in [1.807, 2.05) is 59.4 Å². The van der Waals surface area contributed by atoms with E-state index in [9.17, 15) is 4.79 Å². The minimum absolute atomic E-state index is 0.0572. The molecule has 6 heteroatoms. The van der Waals surface area contributed by atoms with Crippen molar-refractivity contribution >= 4 is 23.6 Å². The molecule has 0 spiro atoms. The summed E-state index contributed by atoms with van der Waals surface area (Å²) >= 11 is 1.52. The van der Waals surface area contributed by atoms with Crippen molar-refractivity contribution in [2.75, 3.05) is 11.2 Å². The number of aromatic nitrogens is 3. The number of nitrogens with zero attached hydrogens (tertiary/aromatic N) is 4. The smallest absolute Gasteiger partial charge is 0.235 e. The van der Waals surface area contributed by atoms with Gasteiger partial charge < -0.3 is 0 Å². The van der Waals surface area contributed by atoms with Crippen LogP contribution in [0.4, 0.5) is 5.95 Å². The average Bonchev–Trinajstić information content (AvgIpc) is 3.03. The van der Waals surface area contributed by atoms with Crippen LogP contribution in [0.5, 0.6) is 0 Å². The quantitative estimate of drug-likeness (QED) is 0.636. The third-order valence-electron chi connectivity index (χ3n) is 3.87. The number of benzene rings is 2. The summed E-state index contributed by atoms with van der Waals surface area (Å²) in [5.41, 5.74) is 2.19. The number of carbonyl (C=O) groups excluding carboxylic acids is 1. The third-order valence-corrected chi connectivity index (χ3v) is 4.54. The molecule has 25 heavy (non-hydrogen) atoms. The van der Waals surface area contributed by atoms with Crippen molar-refractivity contribution in [1.29, 1.82) is 0 Å². The Morgan fingerprint density at radius 1 is 1.00 bits per heavy atom. The van der Waals surface area contributed by atoms with Crippen LogP contribution in [-0.2, 0) is 17.9 Å². The van der Waals surface area contributed by atoms with Gasteiger partial charge in [0.2, 0.25) is 11.9 Å². The number of carbonyl (C=O) groups is 1. The lowest BCUT2D eigenvalue weighted by Gasteiger charge is -2.21. The lowest BCUT2D eigenvalue weighted by molar-refractivity contribution is -0.116. The summed E-state index contributed by atoms with van der Waals surface area (Å²) in [7, 11) is 0. The highest BCUT2D eigenvalue weighted by atomic mass is 32.2. The van der Waals surface area contributed by atoms with E-state index in [0.717, 1.165) is 16.3 Å². The van der Waals surface area contributed by atoms with Crippen molar-refractivity contribution in [3.05, 3.63) is 71.8 Å². The van der Waals surface area contributed by atoms with Gasteiger partial charge in [0, 0.05) is 6.92 Å². The van der Waals surface area contributed by atoms with E-state index in [1.54, 1.807) is 11.8 Å². The van der Waals surface area contributed by atoms with E-state index >= 15 is 0 Å². The van der Waals surface area contributed by atoms with Crippen molar-refractivity contribution in [1.82, 2.24) is 14.8 Å². The standard InChI is InChI=1S/C19H20N4OS/c1-15(24)22(13-16-9-5-3-6-10-16)18-20-21-19(25-2)23(18)14-17-11-7-4-8-12-17/h3-12H,13-14H2,1-2H3. The fourth-order valence-corrected chi connectivity index (χ4v) is 3.11. The molecule has 0 aliphatic heterocycles. The molecule has 3 rings (SSSR count). The van der Waals surface area contributed by atoms with Crippen LogP contribution in [0.3, 0.4) is 0 Å². The Kier molecular flexibility index (Phi) is 5.50. The van der Waals surface area contributed by atoms with E-state index in [2.05, 4.69) is 22.3 Å². The van der Waals surface area contributed by atoms with Gasteiger partial charge in [0.1, 0.15) is 0 Å². The van der Waals surface area contributed by atoms with Gasteiger partial charge in [-0.3, -0.25) is 14.3 Å². The number of hydrogen-bond donors (Lipinski definition) is 0. The summed E-state index contributed by atoms with van der Waals surface area (Å²) in [5, 5.41) is 9.35. The topological polar surface area (TPSA) is 51.0 Å². The largest absolute Gasteiger partial charge is 0.283 e. The number of rotatable bonds is 6. The van der Waals surface area contributed by atoms with Gasteiger partial charge in [-0.25, -0.2) is 0 Å². The second-order valence-corrected chi connectivity index (χ2v) is 6.42. The lowest BCUT2D eigenvalue weighted by Crippen LogP contribution is -2.31. The highest BCUT2D eigenvalue weighted by Crippen LogP contribution is 2.23. The first-order chi connectivity index (χ1) is 12.2. The first-order valence-electron chi connectivity index (χ1n) is 8.02. The molecule has 1 amide bonds. The molecule has 0 unspecified atom stereocenters. The summed E-state index contributed by atoms with van der Waals surface area (Å²) in [6, 6.07) is 20.0. The fourth-order valence-electron chi connectivity index (χ4n) is 2.62. The molecule has 0 saturated carbocycles. The van der Waals surface area contributed by atoms with E-state index < -0.39 is 0 Å². The Morgan fingerprint density at radius 2 is 1.60 bits per heavy atom. The number of amides is 1. The van der Waals surface area contributed by atoms with E-state index in [4.69, 9.17) is 0 Å². The van der Waals surface area contributed by atoms with Gasteiger partial charge in [0.25, 0.3) is 0 Å². The molecular formula is C19H20N4OS. The third kappa shape index (κ3) is 4.09. The Hall–Kier alpha value is -2.60. The fraction of sp³-hybridized carbons (Fsp3) is 0.211. The van der Waals surface area contributed by atoms with Gasteiger partial charge >= 0.3 is 0 Å². The zero-order valence-corrected chi connectivity index (χ0v) is 15.1. The molecule has 2 aromatic carbocycles. The Morgan fingerprint density at radius 3 is 2.16 bits per heavy atom. The van der Waals surface area contributed by atoms with Crippen molar-refractivity contribution in [2.24, 2.45) is 0 Å². The predicted molar refractivity (Wildman–Crippen MR) is 101 cm³/mol. The molecule has 0 atom stereocenters. The Bertz CT molecular complexity index is 833. The van der Waals surface area contributed by atoms with E-state index in [-0.39, 0.29) is 5.91 Å². The zero-order valence-electron chi connectivity index (χ0n) is 14.3. The maximum atomic E-state index is 12.3. The highest BCUT2D eigenvalue weighted by molar-refractivity contribution is 7.98. The zero-order chi connectivity index (χ0) is 17.6. The minimum Gasteiger partial charge on any atom is -0.283 e. The maximum absolute atomic E-state index is 12.3. The first-order valence-corrected chi connectivity index (χ1v) is 9.24. The van der Waals surface area contributed by atoms with Crippen molar-refractivity contribution < 1.29 is 4.79 Å². The second-order valence-electron chi connectivity index (χ2n) is 5.65. The van der Waals surface area contributed by atoms with Gasteiger partial charge in [0.15, 0.2) is 5.16 Å². The highest BCUT2D eigenvalue weighted by Gasteiger charge is 2.21. The normalized spacial score (nSPS) is 10.6. The average molecular weight is 352 g/mol. The van der Waals surface area contributed by atoms with Gasteiger partial charge in [-0.2, -0.15) is 0 Å². The number of anilines is 1. The van der Waals surface area contributed by atoms with Crippen LogP contribution >= 0.6 is 11.8 Å². The molecule has 0 fully saturated rings. The SMILES string of the molecule is CSc1nnc(N(Cc2ccccc2)C(C)=O)n1Cc1ccccc1. The molecule has 0 aliphatic carbocycles. The Labute approximate surface area is 151 Å². The monoisotopic (exact) mass is 352 g/mol. The maximum Gasteiger partial charge on any atom is 0.235 e. The lowest BCUT2D eigenvalue weighted by atomic mass is 10.2. The van der Waals surface area contributed by atoms with Crippen molar-refractivity contribution in [2.45, 2.75) is 25.2 Å². The second kappa shape index (κ2) is 7.98. The molecule has 1 aromatic heterocycles. The molecule has 0 saturated heterocycles. The molecule has 0 aliphatic rings. The van der Waals surface area contributed by atoms with Crippen LogP contribution in [0.25, 0.3) is 0 Å². The molecule has 3 aromatic rings. The van der Waals surface area contributed by atoms with Gasteiger partial charge in [0.05, 0.1) is 13.1 Å². The predicted octanol–water partition coefficient (Wildman–Crippen LogP) is 3.60. The number of thioether (sulfide) groups is 1. The Balaban J connectivity index is 1.96. The summed E-state index contributed by atoms with van der Waals surface area (Å²) in [6.07, 6.45) is 1.96.